The lowest BCUT2D eigenvalue weighted by Crippen LogP contribution is -2.33. The third-order valence-corrected chi connectivity index (χ3v) is 5.31. The molecular formula is C26H28BF3NO-. The summed E-state index contributed by atoms with van der Waals surface area (Å²) in [5.74, 6) is 0.767. The minimum atomic E-state index is -5.02. The average Bonchev–Trinajstić information content (AvgIpc) is 2.78. The van der Waals surface area contributed by atoms with Crippen LogP contribution in [0.1, 0.15) is 30.0 Å². The van der Waals surface area contributed by atoms with Crippen LogP contribution in [0.5, 0.6) is 5.75 Å². The summed E-state index contributed by atoms with van der Waals surface area (Å²) < 4.78 is 45.3. The van der Waals surface area contributed by atoms with Crippen molar-refractivity contribution >= 4 is 23.6 Å². The van der Waals surface area contributed by atoms with Crippen LogP contribution in [0.25, 0.3) is 11.1 Å². The highest BCUT2D eigenvalue weighted by Crippen LogP contribution is 2.35. The van der Waals surface area contributed by atoms with Gasteiger partial charge in [0.2, 0.25) is 0 Å². The Hall–Kier alpha value is -2.99. The summed E-state index contributed by atoms with van der Waals surface area (Å²) in [7, 11) is 3.98. The second-order valence-electron chi connectivity index (χ2n) is 7.95. The summed E-state index contributed by atoms with van der Waals surface area (Å²) in [5.41, 5.74) is 4.18. The highest BCUT2D eigenvalue weighted by atomic mass is 19.4. The molecule has 0 aliphatic heterocycles. The first-order valence-electron chi connectivity index (χ1n) is 10.8. The van der Waals surface area contributed by atoms with E-state index in [9.17, 15) is 12.9 Å². The van der Waals surface area contributed by atoms with E-state index in [0.29, 0.717) is 6.61 Å². The molecule has 0 heterocycles. The standard InChI is InChI=1S/C26H28BF3NO/c1-4-25(20-8-6-5-7-9-20)26(21-10-14-23(15-11-21)27(28,29)30)22-12-16-24(17-13-22)32-19-18-31(2)3/h5-17H,4,18-19H2,1-3H3/q-1. The maximum absolute atomic E-state index is 13.2. The van der Waals surface area contributed by atoms with E-state index >= 15 is 0 Å². The smallest absolute Gasteiger partial charge is 0.492 e. The number of halogens is 3. The van der Waals surface area contributed by atoms with Crippen molar-refractivity contribution in [3.63, 3.8) is 0 Å². The third-order valence-electron chi connectivity index (χ3n) is 5.31. The van der Waals surface area contributed by atoms with Crippen LogP contribution in [-0.2, 0) is 0 Å². The molecule has 168 valence electrons. The zero-order valence-electron chi connectivity index (χ0n) is 18.7. The molecule has 0 N–H and O–H groups in total. The van der Waals surface area contributed by atoms with Gasteiger partial charge in [0.25, 0.3) is 0 Å². The highest BCUT2D eigenvalue weighted by Gasteiger charge is 2.25. The van der Waals surface area contributed by atoms with Crippen molar-refractivity contribution in [3.8, 4) is 5.75 Å². The Morgan fingerprint density at radius 2 is 1.34 bits per heavy atom. The maximum Gasteiger partial charge on any atom is 0.509 e. The normalized spacial score (nSPS) is 12.6. The van der Waals surface area contributed by atoms with E-state index in [0.717, 1.165) is 46.6 Å². The molecule has 3 rings (SSSR count). The van der Waals surface area contributed by atoms with Crippen LogP contribution in [0, 0.1) is 0 Å². The topological polar surface area (TPSA) is 12.5 Å². The number of allylic oxidation sites excluding steroid dienone is 1. The second-order valence-corrected chi connectivity index (χ2v) is 7.95. The van der Waals surface area contributed by atoms with Gasteiger partial charge in [-0.2, -0.15) is 0 Å². The van der Waals surface area contributed by atoms with Gasteiger partial charge in [0, 0.05) is 6.54 Å². The van der Waals surface area contributed by atoms with E-state index in [2.05, 4.69) is 11.8 Å². The van der Waals surface area contributed by atoms with E-state index in [1.54, 1.807) is 12.1 Å². The molecule has 0 bridgehead atoms. The summed E-state index contributed by atoms with van der Waals surface area (Å²) in [6, 6.07) is 23.2. The number of hydrogen-bond donors (Lipinski definition) is 0. The van der Waals surface area contributed by atoms with Crippen LogP contribution < -0.4 is 10.2 Å². The SMILES string of the molecule is CCC(=C(c1ccc(OCCN(C)C)cc1)c1ccc([B-](F)(F)F)cc1)c1ccccc1. The van der Waals surface area contributed by atoms with Crippen molar-refractivity contribution in [3.05, 3.63) is 95.6 Å². The zero-order chi connectivity index (χ0) is 23.1. The van der Waals surface area contributed by atoms with Crippen LogP contribution in [0.15, 0.2) is 78.9 Å². The van der Waals surface area contributed by atoms with E-state index in [1.807, 2.05) is 68.7 Å². The van der Waals surface area contributed by atoms with Crippen molar-refractivity contribution < 1.29 is 17.7 Å². The van der Waals surface area contributed by atoms with Gasteiger partial charge in [0.05, 0.1) is 0 Å². The second kappa shape index (κ2) is 10.6. The van der Waals surface area contributed by atoms with Crippen molar-refractivity contribution in [2.75, 3.05) is 27.2 Å². The highest BCUT2D eigenvalue weighted by molar-refractivity contribution is 6.73. The summed E-state index contributed by atoms with van der Waals surface area (Å²) in [5, 5.41) is 0. The maximum atomic E-state index is 13.2. The first-order valence-corrected chi connectivity index (χ1v) is 10.8. The Morgan fingerprint density at radius 1 is 0.781 bits per heavy atom. The third kappa shape index (κ3) is 6.04. The molecular weight excluding hydrogens is 410 g/mol. The fraction of sp³-hybridized carbons (Fsp3) is 0.231. The molecule has 0 aliphatic rings. The summed E-state index contributed by atoms with van der Waals surface area (Å²) >= 11 is 0. The van der Waals surface area contributed by atoms with Gasteiger partial charge in [-0.15, -0.1) is 5.46 Å². The summed E-state index contributed by atoms with van der Waals surface area (Å²) in [6.07, 6.45) is 0.741. The fourth-order valence-electron chi connectivity index (χ4n) is 3.61. The van der Waals surface area contributed by atoms with Gasteiger partial charge in [-0.1, -0.05) is 73.7 Å². The minimum Gasteiger partial charge on any atom is -0.492 e. The Labute approximate surface area is 188 Å². The molecule has 3 aromatic rings. The van der Waals surface area contributed by atoms with Gasteiger partial charge in [-0.3, -0.25) is 0 Å². The van der Waals surface area contributed by atoms with Crippen LogP contribution in [0.3, 0.4) is 0 Å². The van der Waals surface area contributed by atoms with Gasteiger partial charge < -0.3 is 22.6 Å². The zero-order valence-corrected chi connectivity index (χ0v) is 18.7. The molecule has 0 unspecified atom stereocenters. The van der Waals surface area contributed by atoms with Crippen LogP contribution >= 0.6 is 0 Å². The van der Waals surface area contributed by atoms with Gasteiger partial charge >= 0.3 is 6.98 Å². The number of hydrogen-bond acceptors (Lipinski definition) is 2. The van der Waals surface area contributed by atoms with Gasteiger partial charge in [-0.05, 0) is 60.5 Å². The molecule has 0 saturated carbocycles. The molecule has 6 heteroatoms. The van der Waals surface area contributed by atoms with Crippen molar-refractivity contribution in [2.45, 2.75) is 13.3 Å². The molecule has 0 saturated heterocycles. The first-order chi connectivity index (χ1) is 15.3. The van der Waals surface area contributed by atoms with Crippen molar-refractivity contribution in [1.82, 2.24) is 4.90 Å². The van der Waals surface area contributed by atoms with Gasteiger partial charge in [0.15, 0.2) is 0 Å². The molecule has 0 aromatic heterocycles. The van der Waals surface area contributed by atoms with Crippen molar-refractivity contribution in [2.24, 2.45) is 0 Å². The number of rotatable bonds is 9. The molecule has 32 heavy (non-hydrogen) atoms. The van der Waals surface area contributed by atoms with E-state index in [4.69, 9.17) is 4.74 Å². The molecule has 3 aromatic carbocycles. The molecule has 0 atom stereocenters. The van der Waals surface area contributed by atoms with E-state index in [-0.39, 0.29) is 0 Å². The molecule has 0 spiro atoms. The largest absolute Gasteiger partial charge is 0.509 e. The Balaban J connectivity index is 2.04. The number of benzene rings is 3. The van der Waals surface area contributed by atoms with Gasteiger partial charge in [0.1, 0.15) is 12.4 Å². The predicted molar refractivity (Wildman–Crippen MR) is 128 cm³/mol. The number of ether oxygens (including phenoxy) is 1. The summed E-state index contributed by atoms with van der Waals surface area (Å²) in [4.78, 5) is 2.05. The van der Waals surface area contributed by atoms with E-state index in [1.165, 1.54) is 12.1 Å². The lowest BCUT2D eigenvalue weighted by Gasteiger charge is -2.19. The van der Waals surface area contributed by atoms with Crippen LogP contribution in [0.4, 0.5) is 12.9 Å². The molecule has 0 fully saturated rings. The molecule has 0 aliphatic carbocycles. The Kier molecular flexibility index (Phi) is 7.81. The Bertz CT molecular complexity index is 1030. The lowest BCUT2D eigenvalue weighted by atomic mass is 9.79. The molecule has 2 nitrogen and oxygen atoms in total. The number of nitrogens with zero attached hydrogens (tertiary/aromatic N) is 1. The monoisotopic (exact) mass is 438 g/mol. The first kappa shape index (κ1) is 23.7. The van der Waals surface area contributed by atoms with Crippen LogP contribution in [0.2, 0.25) is 0 Å². The average molecular weight is 438 g/mol. The quantitative estimate of drug-likeness (QED) is 0.298. The molecule has 0 amide bonds. The van der Waals surface area contributed by atoms with Crippen LogP contribution in [-0.4, -0.2) is 39.1 Å². The van der Waals surface area contributed by atoms with E-state index < -0.39 is 12.4 Å². The molecule has 0 radical (unpaired) electrons. The minimum absolute atomic E-state index is 0.583. The predicted octanol–water partition coefficient (Wildman–Crippen LogP) is 6.05. The summed E-state index contributed by atoms with van der Waals surface area (Å²) in [6.45, 7) is -1.56. The lowest BCUT2D eigenvalue weighted by molar-refractivity contribution is 0.261. The number of likely N-dealkylation sites (N-methyl/N-ethyl adjacent to an activating group) is 1. The Morgan fingerprint density at radius 3 is 1.84 bits per heavy atom. The fourth-order valence-corrected chi connectivity index (χ4v) is 3.61. The van der Waals surface area contributed by atoms with Gasteiger partial charge in [-0.25, -0.2) is 0 Å². The van der Waals surface area contributed by atoms with Crippen molar-refractivity contribution in [1.29, 1.82) is 0 Å².